The van der Waals surface area contributed by atoms with Gasteiger partial charge in [0.15, 0.2) is 0 Å². The van der Waals surface area contributed by atoms with Gasteiger partial charge in [-0.15, -0.1) is 21.5 Å². The number of piperidine rings is 1. The van der Waals surface area contributed by atoms with Gasteiger partial charge < -0.3 is 14.6 Å². The largest absolute Gasteiger partial charge is 0.477 e. The Hall–Kier alpha value is -2.22. The third kappa shape index (κ3) is 2.74. The molecule has 3 heterocycles. The molecular formula is C14H16N4O3S. The zero-order valence-electron chi connectivity index (χ0n) is 12.1. The van der Waals surface area contributed by atoms with Gasteiger partial charge in [0.1, 0.15) is 17.0 Å². The van der Waals surface area contributed by atoms with Gasteiger partial charge >= 0.3 is 5.97 Å². The van der Waals surface area contributed by atoms with Crippen molar-refractivity contribution in [2.75, 3.05) is 13.1 Å². The van der Waals surface area contributed by atoms with Gasteiger partial charge in [0.2, 0.25) is 0 Å². The monoisotopic (exact) mass is 320 g/mol. The Morgan fingerprint density at radius 1 is 1.27 bits per heavy atom. The van der Waals surface area contributed by atoms with Crippen LogP contribution in [0.25, 0.3) is 0 Å². The Morgan fingerprint density at radius 3 is 2.50 bits per heavy atom. The highest BCUT2D eigenvalue weighted by Gasteiger charge is 2.27. The van der Waals surface area contributed by atoms with E-state index in [4.69, 9.17) is 5.11 Å². The number of aromatic nitrogens is 3. The molecule has 2 aromatic rings. The van der Waals surface area contributed by atoms with Crippen LogP contribution in [-0.2, 0) is 7.05 Å². The third-order valence-electron chi connectivity index (χ3n) is 3.92. The lowest BCUT2D eigenvalue weighted by Gasteiger charge is -2.31. The number of hydrogen-bond donors (Lipinski definition) is 1. The molecule has 7 nitrogen and oxygen atoms in total. The maximum absolute atomic E-state index is 12.4. The molecule has 22 heavy (non-hydrogen) atoms. The summed E-state index contributed by atoms with van der Waals surface area (Å²) in [6.45, 7) is 1.30. The second-order valence-corrected chi connectivity index (χ2v) is 6.42. The summed E-state index contributed by atoms with van der Waals surface area (Å²) >= 11 is 1.03. The van der Waals surface area contributed by atoms with Crippen LogP contribution in [0.3, 0.4) is 0 Å². The number of carbonyl (C=O) groups is 2. The summed E-state index contributed by atoms with van der Waals surface area (Å²) in [6.07, 6.45) is 3.37. The number of hydrogen-bond acceptors (Lipinski definition) is 5. The fourth-order valence-electron chi connectivity index (χ4n) is 2.73. The molecule has 1 aliphatic rings. The molecule has 1 saturated heterocycles. The number of carbonyl (C=O) groups excluding carboxylic acids is 1. The first-order valence-electron chi connectivity index (χ1n) is 7.02. The fourth-order valence-corrected chi connectivity index (χ4v) is 3.54. The molecule has 0 unspecified atom stereocenters. The van der Waals surface area contributed by atoms with Gasteiger partial charge in [-0.05, 0) is 25.0 Å². The number of nitrogens with zero attached hydrogens (tertiary/aromatic N) is 4. The number of aromatic carboxylic acids is 1. The highest BCUT2D eigenvalue weighted by Crippen LogP contribution is 2.28. The highest BCUT2D eigenvalue weighted by molar-refractivity contribution is 7.15. The molecule has 0 aromatic carbocycles. The molecule has 1 amide bonds. The van der Waals surface area contributed by atoms with E-state index >= 15 is 0 Å². The number of thiophene rings is 1. The average Bonchev–Trinajstić information content (AvgIpc) is 3.15. The normalized spacial score (nSPS) is 16.0. The van der Waals surface area contributed by atoms with Gasteiger partial charge in [0.05, 0.1) is 4.88 Å². The molecule has 8 heteroatoms. The second kappa shape index (κ2) is 5.88. The topological polar surface area (TPSA) is 88.3 Å². The lowest BCUT2D eigenvalue weighted by atomic mass is 9.96. The van der Waals surface area contributed by atoms with Crippen molar-refractivity contribution in [1.82, 2.24) is 19.7 Å². The number of likely N-dealkylation sites (tertiary alicyclic amines) is 1. The van der Waals surface area contributed by atoms with E-state index in [1.54, 1.807) is 17.3 Å². The summed E-state index contributed by atoms with van der Waals surface area (Å²) in [5.41, 5.74) is 0. The van der Waals surface area contributed by atoms with Crippen molar-refractivity contribution < 1.29 is 14.7 Å². The molecule has 3 rings (SSSR count). The molecular weight excluding hydrogens is 304 g/mol. The average molecular weight is 320 g/mol. The SMILES string of the molecule is Cn1cnnc1C1CCN(C(=O)c2ccc(C(=O)O)s2)CC1. The standard InChI is InChI=1S/C14H16N4O3S/c1-17-8-15-16-12(17)9-4-6-18(7-5-9)13(19)10-2-3-11(22-10)14(20)21/h2-3,8-9H,4-7H2,1H3,(H,20,21). The summed E-state index contributed by atoms with van der Waals surface area (Å²) in [5.74, 6) is 0.185. The third-order valence-corrected chi connectivity index (χ3v) is 4.98. The minimum Gasteiger partial charge on any atom is -0.477 e. The van der Waals surface area contributed by atoms with Gasteiger partial charge in [-0.3, -0.25) is 4.79 Å². The highest BCUT2D eigenvalue weighted by atomic mass is 32.1. The zero-order valence-corrected chi connectivity index (χ0v) is 12.9. The molecule has 0 spiro atoms. The summed E-state index contributed by atoms with van der Waals surface area (Å²) in [6, 6.07) is 3.07. The van der Waals surface area contributed by atoms with Crippen molar-refractivity contribution in [3.8, 4) is 0 Å². The van der Waals surface area contributed by atoms with Crippen LogP contribution >= 0.6 is 11.3 Å². The predicted octanol–water partition coefficient (Wildman–Crippen LogP) is 1.59. The minimum atomic E-state index is -0.995. The number of rotatable bonds is 3. The van der Waals surface area contributed by atoms with E-state index in [1.807, 2.05) is 11.6 Å². The van der Waals surface area contributed by atoms with Crippen molar-refractivity contribution >= 4 is 23.2 Å². The van der Waals surface area contributed by atoms with Crippen molar-refractivity contribution in [2.24, 2.45) is 7.05 Å². The Labute approximate surface area is 131 Å². The van der Waals surface area contributed by atoms with Crippen molar-refractivity contribution in [3.63, 3.8) is 0 Å². The summed E-state index contributed by atoms with van der Waals surface area (Å²) < 4.78 is 1.92. The maximum atomic E-state index is 12.4. The minimum absolute atomic E-state index is 0.0890. The van der Waals surface area contributed by atoms with E-state index in [0.29, 0.717) is 23.9 Å². The molecule has 2 aromatic heterocycles. The molecule has 0 bridgehead atoms. The Morgan fingerprint density at radius 2 is 1.95 bits per heavy atom. The van der Waals surface area contributed by atoms with Crippen LogP contribution < -0.4 is 0 Å². The Bertz CT molecular complexity index is 701. The van der Waals surface area contributed by atoms with Crippen molar-refractivity contribution in [3.05, 3.63) is 34.0 Å². The van der Waals surface area contributed by atoms with Crippen LogP contribution in [0.4, 0.5) is 0 Å². The first kappa shape index (κ1) is 14.7. The van der Waals surface area contributed by atoms with E-state index in [2.05, 4.69) is 10.2 Å². The number of amides is 1. The molecule has 1 N–H and O–H groups in total. The quantitative estimate of drug-likeness (QED) is 0.928. The molecule has 0 saturated carbocycles. The summed E-state index contributed by atoms with van der Waals surface area (Å²) in [5, 5.41) is 17.0. The van der Waals surface area contributed by atoms with Gasteiger partial charge in [0.25, 0.3) is 5.91 Å². The Kier molecular flexibility index (Phi) is 3.93. The van der Waals surface area contributed by atoms with E-state index in [0.717, 1.165) is 30.0 Å². The first-order valence-corrected chi connectivity index (χ1v) is 7.84. The predicted molar refractivity (Wildman–Crippen MR) is 80.2 cm³/mol. The molecule has 0 atom stereocenters. The molecule has 116 valence electrons. The lowest BCUT2D eigenvalue weighted by Crippen LogP contribution is -2.38. The van der Waals surface area contributed by atoms with Crippen molar-refractivity contribution in [2.45, 2.75) is 18.8 Å². The van der Waals surface area contributed by atoms with Gasteiger partial charge in [0, 0.05) is 26.1 Å². The Balaban J connectivity index is 1.64. The van der Waals surface area contributed by atoms with Gasteiger partial charge in [-0.25, -0.2) is 4.79 Å². The zero-order chi connectivity index (χ0) is 15.7. The summed E-state index contributed by atoms with van der Waals surface area (Å²) in [7, 11) is 1.92. The van der Waals surface area contributed by atoms with Crippen LogP contribution in [-0.4, -0.2) is 49.7 Å². The number of carboxylic acids is 1. The number of carboxylic acid groups (broad SMARTS) is 1. The fraction of sp³-hybridized carbons (Fsp3) is 0.429. The molecule has 1 fully saturated rings. The van der Waals surface area contributed by atoms with Crippen LogP contribution in [0.15, 0.2) is 18.5 Å². The van der Waals surface area contributed by atoms with Crippen LogP contribution in [0.1, 0.15) is 43.9 Å². The van der Waals surface area contributed by atoms with Crippen molar-refractivity contribution in [1.29, 1.82) is 0 Å². The van der Waals surface area contributed by atoms with Crippen LogP contribution in [0.5, 0.6) is 0 Å². The van der Waals surface area contributed by atoms with Gasteiger partial charge in [-0.2, -0.15) is 0 Å². The number of aryl methyl sites for hydroxylation is 1. The maximum Gasteiger partial charge on any atom is 0.345 e. The van der Waals surface area contributed by atoms with E-state index in [1.165, 1.54) is 6.07 Å². The van der Waals surface area contributed by atoms with E-state index in [-0.39, 0.29) is 10.8 Å². The second-order valence-electron chi connectivity index (χ2n) is 5.34. The van der Waals surface area contributed by atoms with Gasteiger partial charge in [-0.1, -0.05) is 0 Å². The van der Waals surface area contributed by atoms with Crippen LogP contribution in [0.2, 0.25) is 0 Å². The summed E-state index contributed by atoms with van der Waals surface area (Å²) in [4.78, 5) is 25.8. The lowest BCUT2D eigenvalue weighted by molar-refractivity contribution is 0.0699. The molecule has 0 aliphatic carbocycles. The molecule has 1 aliphatic heterocycles. The van der Waals surface area contributed by atoms with E-state index < -0.39 is 5.97 Å². The van der Waals surface area contributed by atoms with E-state index in [9.17, 15) is 9.59 Å². The molecule has 0 radical (unpaired) electrons. The van der Waals surface area contributed by atoms with Crippen LogP contribution in [0, 0.1) is 0 Å². The first-order chi connectivity index (χ1) is 10.6. The smallest absolute Gasteiger partial charge is 0.345 e.